The van der Waals surface area contributed by atoms with Crippen LogP contribution in [0, 0.1) is 0 Å². The van der Waals surface area contributed by atoms with Crippen molar-refractivity contribution >= 4 is 56.6 Å². The first kappa shape index (κ1) is 17.7. The van der Waals surface area contributed by atoms with Crippen molar-refractivity contribution in [3.8, 4) is 0 Å². The number of halogens is 2. The molecule has 5 nitrogen and oxygen atoms in total. The highest BCUT2D eigenvalue weighted by Gasteiger charge is 2.15. The summed E-state index contributed by atoms with van der Waals surface area (Å²) < 4.78 is 7.11. The lowest BCUT2D eigenvalue weighted by Gasteiger charge is -2.05. The largest absolute Gasteiger partial charge is 0.468 e. The van der Waals surface area contributed by atoms with E-state index >= 15 is 0 Å². The maximum atomic E-state index is 12.5. The number of rotatable bonds is 3. The van der Waals surface area contributed by atoms with E-state index in [9.17, 15) is 9.59 Å². The molecule has 8 heteroatoms. The minimum atomic E-state index is -0.494. The van der Waals surface area contributed by atoms with Crippen molar-refractivity contribution in [2.24, 2.45) is 4.99 Å². The topological polar surface area (TPSA) is 60.7 Å². The van der Waals surface area contributed by atoms with Crippen LogP contribution < -0.4 is 4.80 Å². The third-order valence-electron chi connectivity index (χ3n) is 3.47. The fourth-order valence-corrected chi connectivity index (χ4v) is 3.90. The van der Waals surface area contributed by atoms with E-state index in [1.54, 1.807) is 41.0 Å². The van der Waals surface area contributed by atoms with E-state index in [2.05, 4.69) is 4.99 Å². The summed E-state index contributed by atoms with van der Waals surface area (Å²) in [5.74, 6) is -0.960. The lowest BCUT2D eigenvalue weighted by molar-refractivity contribution is -0.141. The van der Waals surface area contributed by atoms with Crippen molar-refractivity contribution in [1.82, 2.24) is 4.57 Å². The number of benzene rings is 2. The lowest BCUT2D eigenvalue weighted by Crippen LogP contribution is -2.22. The van der Waals surface area contributed by atoms with Crippen molar-refractivity contribution < 1.29 is 14.3 Å². The molecule has 1 heterocycles. The van der Waals surface area contributed by atoms with Crippen LogP contribution in [0.2, 0.25) is 10.0 Å². The Hall–Kier alpha value is -2.15. The molecule has 0 unspecified atom stereocenters. The fraction of sp³-hybridized carbons (Fsp3) is 0.118. The summed E-state index contributed by atoms with van der Waals surface area (Å²) in [6, 6.07) is 12.0. The van der Waals surface area contributed by atoms with Crippen LogP contribution in [0.3, 0.4) is 0 Å². The highest BCUT2D eigenvalue weighted by molar-refractivity contribution is 7.16. The molecule has 25 heavy (non-hydrogen) atoms. The highest BCUT2D eigenvalue weighted by Crippen LogP contribution is 2.25. The van der Waals surface area contributed by atoms with Gasteiger partial charge in [0.1, 0.15) is 6.54 Å². The van der Waals surface area contributed by atoms with Gasteiger partial charge in [-0.15, -0.1) is 0 Å². The number of methoxy groups -OCH3 is 1. The summed E-state index contributed by atoms with van der Waals surface area (Å²) in [5, 5.41) is 0.777. The van der Waals surface area contributed by atoms with Crippen LogP contribution in [0.5, 0.6) is 0 Å². The Morgan fingerprint density at radius 3 is 2.56 bits per heavy atom. The van der Waals surface area contributed by atoms with Crippen LogP contribution in [0.25, 0.3) is 10.2 Å². The summed E-state index contributed by atoms with van der Waals surface area (Å²) in [5.41, 5.74) is 0.919. The first-order valence-electron chi connectivity index (χ1n) is 7.19. The van der Waals surface area contributed by atoms with Gasteiger partial charge in [-0.1, -0.05) is 52.7 Å². The van der Waals surface area contributed by atoms with Crippen molar-refractivity contribution in [2.75, 3.05) is 7.11 Å². The van der Waals surface area contributed by atoms with Crippen molar-refractivity contribution in [1.29, 1.82) is 0 Å². The molecule has 0 atom stereocenters. The number of hydrogen-bond acceptors (Lipinski definition) is 4. The Bertz CT molecular complexity index is 1040. The number of para-hydroxylation sites is 1. The molecule has 2 aromatic carbocycles. The Morgan fingerprint density at radius 1 is 1.12 bits per heavy atom. The Morgan fingerprint density at radius 2 is 1.84 bits per heavy atom. The predicted octanol–water partition coefficient (Wildman–Crippen LogP) is 3.92. The van der Waals surface area contributed by atoms with Crippen LogP contribution in [-0.4, -0.2) is 23.6 Å². The SMILES string of the molecule is COC(=O)Cn1c(=NC(=O)c2ccccc2Cl)sc2cccc(Cl)c21. The molecule has 0 fully saturated rings. The van der Waals surface area contributed by atoms with E-state index in [-0.39, 0.29) is 12.1 Å². The van der Waals surface area contributed by atoms with E-state index in [1.807, 2.05) is 6.07 Å². The minimum Gasteiger partial charge on any atom is -0.468 e. The average Bonchev–Trinajstić information content (AvgIpc) is 2.93. The van der Waals surface area contributed by atoms with Gasteiger partial charge >= 0.3 is 5.97 Å². The number of ether oxygens (including phenoxy) is 1. The molecule has 0 aliphatic rings. The van der Waals surface area contributed by atoms with Gasteiger partial charge < -0.3 is 9.30 Å². The van der Waals surface area contributed by atoms with Gasteiger partial charge in [0.25, 0.3) is 5.91 Å². The van der Waals surface area contributed by atoms with E-state index in [0.29, 0.717) is 20.4 Å². The summed E-state index contributed by atoms with van der Waals surface area (Å²) >= 11 is 13.6. The van der Waals surface area contributed by atoms with Crippen molar-refractivity contribution in [3.05, 3.63) is 62.9 Å². The Kier molecular flexibility index (Phi) is 5.22. The number of fused-ring (bicyclic) bond motifs is 1. The lowest BCUT2D eigenvalue weighted by atomic mass is 10.2. The summed E-state index contributed by atoms with van der Waals surface area (Å²) in [4.78, 5) is 28.8. The third-order valence-corrected chi connectivity index (χ3v) is 5.15. The standard InChI is InChI=1S/C17H12Cl2N2O3S/c1-24-14(22)9-21-15-12(19)7-4-8-13(15)25-17(21)20-16(23)10-5-2-3-6-11(10)18/h2-8H,9H2,1H3. The molecule has 0 saturated heterocycles. The van der Waals surface area contributed by atoms with Gasteiger partial charge in [0.2, 0.25) is 0 Å². The van der Waals surface area contributed by atoms with Crippen LogP contribution >= 0.6 is 34.5 Å². The summed E-state index contributed by atoms with van der Waals surface area (Å²) in [6.45, 7) is -0.102. The second kappa shape index (κ2) is 7.39. The number of aromatic nitrogens is 1. The molecule has 128 valence electrons. The molecule has 0 aliphatic carbocycles. The quantitative estimate of drug-likeness (QED) is 0.632. The molecule has 0 radical (unpaired) electrons. The number of hydrogen-bond donors (Lipinski definition) is 0. The fourth-order valence-electron chi connectivity index (χ4n) is 2.29. The van der Waals surface area contributed by atoms with E-state index < -0.39 is 11.9 Å². The second-order valence-corrected chi connectivity index (χ2v) is 6.85. The molecule has 0 N–H and O–H groups in total. The third kappa shape index (κ3) is 3.61. The zero-order valence-corrected chi connectivity index (χ0v) is 15.4. The summed E-state index contributed by atoms with van der Waals surface area (Å²) in [7, 11) is 1.30. The van der Waals surface area contributed by atoms with Crippen molar-refractivity contribution in [2.45, 2.75) is 6.54 Å². The van der Waals surface area contributed by atoms with Crippen molar-refractivity contribution in [3.63, 3.8) is 0 Å². The number of carbonyl (C=O) groups is 2. The number of amides is 1. The molecule has 0 saturated carbocycles. The number of thiazole rings is 1. The number of esters is 1. The van der Waals surface area contributed by atoms with Gasteiger partial charge in [-0.05, 0) is 24.3 Å². The zero-order chi connectivity index (χ0) is 18.0. The predicted molar refractivity (Wildman–Crippen MR) is 98.2 cm³/mol. The maximum Gasteiger partial charge on any atom is 0.325 e. The van der Waals surface area contributed by atoms with E-state index in [1.165, 1.54) is 18.4 Å². The first-order chi connectivity index (χ1) is 12.0. The first-order valence-corrected chi connectivity index (χ1v) is 8.76. The highest BCUT2D eigenvalue weighted by atomic mass is 35.5. The molecular weight excluding hydrogens is 383 g/mol. The van der Waals surface area contributed by atoms with Crippen LogP contribution in [0.1, 0.15) is 10.4 Å². The molecule has 1 aromatic heterocycles. The Balaban J connectivity index is 2.19. The molecule has 0 bridgehead atoms. The monoisotopic (exact) mass is 394 g/mol. The van der Waals surface area contributed by atoms with Crippen LogP contribution in [0.4, 0.5) is 0 Å². The molecule has 1 amide bonds. The average molecular weight is 395 g/mol. The number of nitrogens with zero attached hydrogens (tertiary/aromatic N) is 2. The summed E-state index contributed by atoms with van der Waals surface area (Å²) in [6.07, 6.45) is 0. The van der Waals surface area contributed by atoms with Gasteiger partial charge in [0.05, 0.1) is 32.9 Å². The smallest absolute Gasteiger partial charge is 0.325 e. The van der Waals surface area contributed by atoms with Gasteiger partial charge in [-0.2, -0.15) is 4.99 Å². The van der Waals surface area contributed by atoms with Crippen LogP contribution in [0.15, 0.2) is 47.5 Å². The van der Waals surface area contributed by atoms with Gasteiger partial charge in [-0.25, -0.2) is 0 Å². The van der Waals surface area contributed by atoms with Crippen LogP contribution in [-0.2, 0) is 16.1 Å². The normalized spacial score (nSPS) is 11.7. The molecular formula is C17H12Cl2N2O3S. The van der Waals surface area contributed by atoms with Gasteiger partial charge in [0.15, 0.2) is 4.80 Å². The molecule has 0 aliphatic heterocycles. The maximum absolute atomic E-state index is 12.5. The van der Waals surface area contributed by atoms with Gasteiger partial charge in [0, 0.05) is 0 Å². The second-order valence-electron chi connectivity index (χ2n) is 5.03. The molecule has 3 rings (SSSR count). The van der Waals surface area contributed by atoms with E-state index in [0.717, 1.165) is 4.70 Å². The molecule has 3 aromatic rings. The van der Waals surface area contributed by atoms with E-state index in [4.69, 9.17) is 27.9 Å². The minimum absolute atomic E-state index is 0.102. The number of carbonyl (C=O) groups excluding carboxylic acids is 2. The van der Waals surface area contributed by atoms with Gasteiger partial charge in [-0.3, -0.25) is 9.59 Å². The zero-order valence-electron chi connectivity index (χ0n) is 13.0. The molecule has 0 spiro atoms. The Labute approximate surface area is 157 Å².